The number of aromatic amines is 1. The second-order valence-corrected chi connectivity index (χ2v) is 8.75. The zero-order valence-corrected chi connectivity index (χ0v) is 17.1. The molecule has 0 saturated carbocycles. The molecule has 0 amide bonds. The zero-order chi connectivity index (χ0) is 19.1. The van der Waals surface area contributed by atoms with Crippen molar-refractivity contribution in [1.29, 1.82) is 0 Å². The highest BCUT2D eigenvalue weighted by Crippen LogP contribution is 2.35. The van der Waals surface area contributed by atoms with E-state index in [1.54, 1.807) is 0 Å². The van der Waals surface area contributed by atoms with Crippen LogP contribution in [0.15, 0.2) is 45.8 Å². The average molecular weight is 505 g/mol. The third-order valence-corrected chi connectivity index (χ3v) is 5.42. The minimum Gasteiger partial charge on any atom is -0.381 e. The molecule has 0 bridgehead atoms. The van der Waals surface area contributed by atoms with Crippen LogP contribution < -0.4 is 10.5 Å². The second kappa shape index (κ2) is 7.10. The number of anilines is 2. The number of nitrogens with one attached hydrogen (secondary N) is 2. The summed E-state index contributed by atoms with van der Waals surface area (Å²) in [6.07, 6.45) is 0. The first kappa shape index (κ1) is 19.0. The molecule has 3 rings (SSSR count). The van der Waals surface area contributed by atoms with E-state index < -0.39 is 20.7 Å². The van der Waals surface area contributed by atoms with E-state index in [9.17, 15) is 12.8 Å². The summed E-state index contributed by atoms with van der Waals surface area (Å²) in [6, 6.07) is 9.39. The maximum Gasteiger partial charge on any atom is 0.240 e. The number of rotatable bonds is 4. The highest BCUT2D eigenvalue weighted by molar-refractivity contribution is 14.1. The number of primary sulfonamides is 1. The van der Waals surface area contributed by atoms with Crippen molar-refractivity contribution >= 4 is 56.2 Å². The predicted molar refractivity (Wildman–Crippen MR) is 108 cm³/mol. The van der Waals surface area contributed by atoms with Crippen LogP contribution in [-0.4, -0.2) is 13.6 Å². The Morgan fingerprint density at radius 3 is 2.54 bits per heavy atom. The summed E-state index contributed by atoms with van der Waals surface area (Å²) >= 11 is 7.18. The summed E-state index contributed by atoms with van der Waals surface area (Å²) in [5, 5.41) is 10.7. The molecule has 0 radical (unpaired) electrons. The first-order valence-electron chi connectivity index (χ1n) is 7.23. The molecule has 0 spiro atoms. The summed E-state index contributed by atoms with van der Waals surface area (Å²) in [5.74, 6) is -0.707. The van der Waals surface area contributed by atoms with Gasteiger partial charge in [0.15, 0.2) is 5.76 Å². The fourth-order valence-corrected chi connectivity index (χ4v) is 3.82. The SMILES string of the molecule is Cc1cc(I)ccc1Nc1cc(F)c(S(N)(=O)=O)cc1-c1cc(=S)[nH]o1. The lowest BCUT2D eigenvalue weighted by molar-refractivity contribution is 0.429. The van der Waals surface area contributed by atoms with E-state index in [-0.39, 0.29) is 5.76 Å². The molecule has 6 nitrogen and oxygen atoms in total. The van der Waals surface area contributed by atoms with Gasteiger partial charge in [-0.2, -0.15) is 0 Å². The highest BCUT2D eigenvalue weighted by atomic mass is 127. The Morgan fingerprint density at radius 1 is 1.23 bits per heavy atom. The first-order chi connectivity index (χ1) is 12.1. The zero-order valence-electron chi connectivity index (χ0n) is 13.3. The Bertz CT molecular complexity index is 1160. The number of nitrogens with two attached hydrogens (primary N) is 1. The molecular weight excluding hydrogens is 492 g/mol. The third kappa shape index (κ3) is 3.98. The molecule has 4 N–H and O–H groups in total. The number of aryl methyl sites for hydroxylation is 1. The van der Waals surface area contributed by atoms with E-state index in [1.165, 1.54) is 6.07 Å². The number of H-pyrrole nitrogens is 1. The van der Waals surface area contributed by atoms with Crippen molar-refractivity contribution in [3.05, 3.63) is 56.0 Å². The van der Waals surface area contributed by atoms with Gasteiger partial charge in [-0.15, -0.1) is 0 Å². The number of benzene rings is 2. The van der Waals surface area contributed by atoms with Crippen LogP contribution in [0.25, 0.3) is 11.3 Å². The van der Waals surface area contributed by atoms with Crippen molar-refractivity contribution in [1.82, 2.24) is 5.16 Å². The molecule has 0 aliphatic heterocycles. The molecule has 2 aromatic carbocycles. The predicted octanol–water partition coefficient (Wildman–Crippen LogP) is 4.45. The molecule has 0 aliphatic carbocycles. The summed E-state index contributed by atoms with van der Waals surface area (Å²) in [5.41, 5.74) is 2.30. The molecule has 26 heavy (non-hydrogen) atoms. The number of sulfonamides is 1. The molecule has 0 fully saturated rings. The van der Waals surface area contributed by atoms with Crippen molar-refractivity contribution in [3.63, 3.8) is 0 Å². The van der Waals surface area contributed by atoms with E-state index in [0.29, 0.717) is 15.9 Å². The second-order valence-electron chi connectivity index (χ2n) is 5.53. The van der Waals surface area contributed by atoms with Gasteiger partial charge in [0.1, 0.15) is 15.4 Å². The van der Waals surface area contributed by atoms with Gasteiger partial charge in [0.2, 0.25) is 10.0 Å². The van der Waals surface area contributed by atoms with Crippen LogP contribution in [0.5, 0.6) is 0 Å². The van der Waals surface area contributed by atoms with E-state index >= 15 is 0 Å². The van der Waals surface area contributed by atoms with Crippen molar-refractivity contribution in [3.8, 4) is 11.3 Å². The van der Waals surface area contributed by atoms with Crippen molar-refractivity contribution in [2.45, 2.75) is 11.8 Å². The lowest BCUT2D eigenvalue weighted by Gasteiger charge is -2.14. The Balaban J connectivity index is 2.20. The van der Waals surface area contributed by atoms with Crippen LogP contribution in [0.1, 0.15) is 5.56 Å². The largest absolute Gasteiger partial charge is 0.381 e. The third-order valence-electron chi connectivity index (χ3n) is 3.63. The maximum atomic E-state index is 14.4. The Hall–Kier alpha value is -1.76. The summed E-state index contributed by atoms with van der Waals surface area (Å²) in [4.78, 5) is -0.625. The topological polar surface area (TPSA) is 101 Å². The van der Waals surface area contributed by atoms with Gasteiger partial charge in [-0.1, -0.05) is 12.2 Å². The molecule has 10 heteroatoms. The number of halogens is 2. The summed E-state index contributed by atoms with van der Waals surface area (Å²) in [7, 11) is -4.24. The van der Waals surface area contributed by atoms with Gasteiger partial charge in [0.05, 0.1) is 5.69 Å². The van der Waals surface area contributed by atoms with Crippen molar-refractivity contribution in [2.75, 3.05) is 5.32 Å². The van der Waals surface area contributed by atoms with Gasteiger partial charge in [-0.3, -0.25) is 0 Å². The van der Waals surface area contributed by atoms with Crippen LogP contribution in [0.2, 0.25) is 0 Å². The fraction of sp³-hybridized carbons (Fsp3) is 0.0625. The Kier molecular flexibility index (Phi) is 5.19. The summed E-state index contributed by atoms with van der Waals surface area (Å²) in [6.45, 7) is 1.90. The van der Waals surface area contributed by atoms with Crippen LogP contribution in [0.4, 0.5) is 15.8 Å². The van der Waals surface area contributed by atoms with Crippen LogP contribution in [0.3, 0.4) is 0 Å². The minimum absolute atomic E-state index is 0.255. The number of aromatic nitrogens is 1. The molecule has 0 unspecified atom stereocenters. The van der Waals surface area contributed by atoms with Gasteiger partial charge < -0.3 is 9.84 Å². The average Bonchev–Trinajstić information content (AvgIpc) is 2.95. The molecular formula is C16H13FIN3O3S2. The van der Waals surface area contributed by atoms with Crippen LogP contribution in [0, 0.1) is 21.0 Å². The lowest BCUT2D eigenvalue weighted by Crippen LogP contribution is -2.14. The van der Waals surface area contributed by atoms with E-state index in [1.807, 2.05) is 25.1 Å². The Morgan fingerprint density at radius 2 is 1.96 bits per heavy atom. The highest BCUT2D eigenvalue weighted by Gasteiger charge is 2.21. The molecule has 1 aromatic heterocycles. The molecule has 0 aliphatic rings. The summed E-state index contributed by atoms with van der Waals surface area (Å²) < 4.78 is 44.3. The van der Waals surface area contributed by atoms with Crippen molar-refractivity contribution < 1.29 is 17.3 Å². The number of hydrogen-bond donors (Lipinski definition) is 3. The quantitative estimate of drug-likeness (QED) is 0.360. The fourth-order valence-electron chi connectivity index (χ4n) is 2.41. The lowest BCUT2D eigenvalue weighted by atomic mass is 10.1. The van der Waals surface area contributed by atoms with Gasteiger partial charge in [-0.25, -0.2) is 23.1 Å². The molecule has 3 aromatic rings. The molecule has 0 atom stereocenters. The van der Waals surface area contributed by atoms with Gasteiger partial charge >= 0.3 is 0 Å². The van der Waals surface area contributed by atoms with Gasteiger partial charge in [0.25, 0.3) is 0 Å². The van der Waals surface area contributed by atoms with E-state index in [2.05, 4.69) is 33.1 Å². The Labute approximate surface area is 167 Å². The van der Waals surface area contributed by atoms with Crippen LogP contribution >= 0.6 is 34.8 Å². The van der Waals surface area contributed by atoms with Gasteiger partial charge in [-0.05, 0) is 65.4 Å². The van der Waals surface area contributed by atoms with Crippen LogP contribution in [-0.2, 0) is 10.0 Å². The molecule has 136 valence electrons. The smallest absolute Gasteiger partial charge is 0.240 e. The standard InChI is InChI=1S/C16H13FIN3O3S2/c1-8-4-9(18)2-3-12(8)20-13-6-11(17)15(26(19,22)23)5-10(13)14-7-16(25)21-24-14/h2-7,20H,1H3,(H,21,25)(H2,19,22,23). The normalized spacial score (nSPS) is 11.5. The molecule has 0 saturated heterocycles. The monoisotopic (exact) mass is 505 g/mol. The molecule has 1 heterocycles. The van der Waals surface area contributed by atoms with Gasteiger partial charge in [0, 0.05) is 20.9 Å². The van der Waals surface area contributed by atoms with E-state index in [0.717, 1.165) is 27.0 Å². The number of hydrogen-bond acceptors (Lipinski definition) is 5. The maximum absolute atomic E-state index is 14.4. The minimum atomic E-state index is -4.24. The first-order valence-corrected chi connectivity index (χ1v) is 10.3. The van der Waals surface area contributed by atoms with Crippen molar-refractivity contribution in [2.24, 2.45) is 5.14 Å². The van der Waals surface area contributed by atoms with E-state index in [4.69, 9.17) is 21.9 Å².